The van der Waals surface area contributed by atoms with Crippen molar-refractivity contribution in [3.63, 3.8) is 0 Å². The van der Waals surface area contributed by atoms with Crippen LogP contribution in [0.3, 0.4) is 0 Å². The highest BCUT2D eigenvalue weighted by atomic mass is 16.5. The van der Waals surface area contributed by atoms with E-state index < -0.39 is 5.97 Å². The van der Waals surface area contributed by atoms with Crippen LogP contribution in [0.2, 0.25) is 0 Å². The summed E-state index contributed by atoms with van der Waals surface area (Å²) in [5.74, 6) is -0.939. The molecule has 0 atom stereocenters. The number of ether oxygens (including phenoxy) is 1. The van der Waals surface area contributed by atoms with Crippen molar-refractivity contribution in [2.45, 2.75) is 106 Å². The van der Waals surface area contributed by atoms with Gasteiger partial charge in [0.15, 0.2) is 5.75 Å². The van der Waals surface area contributed by atoms with Gasteiger partial charge in [0.05, 0.1) is 11.1 Å². The number of hydrogen-bond donors (Lipinski definition) is 0. The van der Waals surface area contributed by atoms with E-state index in [2.05, 4.69) is 0 Å². The lowest BCUT2D eigenvalue weighted by atomic mass is 9.94. The van der Waals surface area contributed by atoms with Crippen LogP contribution >= 0.6 is 0 Å². The van der Waals surface area contributed by atoms with Crippen molar-refractivity contribution in [2.75, 3.05) is 0 Å². The molecule has 1 rings (SSSR count). The molecule has 0 aliphatic carbocycles. The first-order valence-corrected chi connectivity index (χ1v) is 11.2. The Morgan fingerprint density at radius 1 is 0.677 bits per heavy atom. The normalized spacial score (nSPS) is 11.6. The van der Waals surface area contributed by atoms with Gasteiger partial charge in [-0.3, -0.25) is 14.4 Å². The Morgan fingerprint density at radius 2 is 1.00 bits per heavy atom. The molecule has 0 bridgehead atoms. The number of rotatable bonds is 8. The van der Waals surface area contributed by atoms with Gasteiger partial charge in [-0.25, -0.2) is 0 Å². The van der Waals surface area contributed by atoms with Gasteiger partial charge in [0.2, 0.25) is 0 Å². The maximum atomic E-state index is 13.6. The minimum atomic E-state index is -0.568. The van der Waals surface area contributed by atoms with Gasteiger partial charge in [-0.2, -0.15) is 0 Å². The summed E-state index contributed by atoms with van der Waals surface area (Å²) < 4.78 is 5.54. The summed E-state index contributed by atoms with van der Waals surface area (Å²) in [7, 11) is 0. The molecule has 0 aliphatic heterocycles. The number of amides is 2. The number of carbonyl (C=O) groups is 3. The van der Waals surface area contributed by atoms with E-state index in [4.69, 9.17) is 4.74 Å². The molecule has 6 heteroatoms. The van der Waals surface area contributed by atoms with E-state index in [-0.39, 0.29) is 58.8 Å². The molecule has 0 aromatic heterocycles. The quantitative estimate of drug-likeness (QED) is 0.415. The summed E-state index contributed by atoms with van der Waals surface area (Å²) in [6.07, 6.45) is 0. The van der Waals surface area contributed by atoms with Crippen LogP contribution < -0.4 is 4.74 Å². The number of carbonyl (C=O) groups excluding carboxylic acids is 3. The van der Waals surface area contributed by atoms with Crippen molar-refractivity contribution in [3.05, 3.63) is 28.8 Å². The van der Waals surface area contributed by atoms with Gasteiger partial charge in [0, 0.05) is 31.1 Å². The summed E-state index contributed by atoms with van der Waals surface area (Å²) in [4.78, 5) is 42.7. The Bertz CT molecular complexity index is 741. The Morgan fingerprint density at radius 3 is 1.23 bits per heavy atom. The predicted octanol–water partition coefficient (Wildman–Crippen LogP) is 5.25. The molecular weight excluding hydrogens is 392 g/mol. The minimum Gasteiger partial charge on any atom is -0.425 e. The largest absolute Gasteiger partial charge is 0.425 e. The fourth-order valence-electron chi connectivity index (χ4n) is 3.96. The zero-order valence-electron chi connectivity index (χ0n) is 21.1. The first kappa shape index (κ1) is 26.7. The molecule has 0 N–H and O–H groups in total. The van der Waals surface area contributed by atoms with Crippen molar-refractivity contribution in [1.82, 2.24) is 9.80 Å². The van der Waals surface area contributed by atoms with E-state index in [1.807, 2.05) is 69.2 Å². The molecule has 1 aromatic carbocycles. The zero-order chi connectivity index (χ0) is 24.2. The lowest BCUT2D eigenvalue weighted by Gasteiger charge is -2.33. The van der Waals surface area contributed by atoms with Gasteiger partial charge >= 0.3 is 5.97 Å². The standard InChI is InChI=1S/C25H40N2O4/c1-14(2)20-12-21(24(29)26(15(3)4)16(5)6)23(31-19(11)28)22(13-20)25(30)27(17(7)8)18(9)10/h12-18H,1-11H3. The average molecular weight is 433 g/mol. The molecule has 0 unspecified atom stereocenters. The molecule has 0 aliphatic rings. The van der Waals surface area contributed by atoms with E-state index in [0.29, 0.717) is 0 Å². The second-order valence-electron chi connectivity index (χ2n) is 9.49. The highest BCUT2D eigenvalue weighted by Gasteiger charge is 2.32. The maximum absolute atomic E-state index is 13.6. The van der Waals surface area contributed by atoms with Crippen LogP contribution in [-0.4, -0.2) is 51.8 Å². The zero-order valence-corrected chi connectivity index (χ0v) is 21.1. The topological polar surface area (TPSA) is 66.9 Å². The van der Waals surface area contributed by atoms with Crippen molar-refractivity contribution < 1.29 is 19.1 Å². The maximum Gasteiger partial charge on any atom is 0.308 e. The SMILES string of the molecule is CC(=O)Oc1c(C(=O)N(C(C)C)C(C)C)cc(C(C)C)cc1C(=O)N(C(C)C)C(C)C. The van der Waals surface area contributed by atoms with Crippen LogP contribution in [0.25, 0.3) is 0 Å². The van der Waals surface area contributed by atoms with Gasteiger partial charge in [0.1, 0.15) is 0 Å². The smallest absolute Gasteiger partial charge is 0.308 e. The summed E-state index contributed by atoms with van der Waals surface area (Å²) in [6, 6.07) is 3.30. The molecule has 0 fully saturated rings. The first-order valence-electron chi connectivity index (χ1n) is 11.2. The molecule has 0 spiro atoms. The molecule has 1 aromatic rings. The summed E-state index contributed by atoms with van der Waals surface area (Å²) in [6.45, 7) is 20.9. The third kappa shape index (κ3) is 6.31. The number of nitrogens with zero attached hydrogens (tertiary/aromatic N) is 2. The molecule has 0 radical (unpaired) electrons. The molecule has 2 amide bonds. The Labute approximate surface area is 187 Å². The van der Waals surface area contributed by atoms with Crippen LogP contribution in [0, 0.1) is 0 Å². The molecule has 174 valence electrons. The van der Waals surface area contributed by atoms with Crippen molar-refractivity contribution in [2.24, 2.45) is 0 Å². The minimum absolute atomic E-state index is 0.0458. The average Bonchev–Trinajstić information content (AvgIpc) is 2.59. The van der Waals surface area contributed by atoms with Gasteiger partial charge in [-0.05, 0) is 79.0 Å². The molecular formula is C25H40N2O4. The van der Waals surface area contributed by atoms with Crippen molar-refractivity contribution in [3.8, 4) is 5.75 Å². The van der Waals surface area contributed by atoms with Gasteiger partial charge in [0.25, 0.3) is 11.8 Å². The molecule has 0 heterocycles. The third-order valence-electron chi connectivity index (χ3n) is 5.18. The highest BCUT2D eigenvalue weighted by Crippen LogP contribution is 2.33. The number of benzene rings is 1. The number of hydrogen-bond acceptors (Lipinski definition) is 4. The molecule has 31 heavy (non-hydrogen) atoms. The Kier molecular flexibility index (Phi) is 9.27. The fraction of sp³-hybridized carbons (Fsp3) is 0.640. The van der Waals surface area contributed by atoms with Crippen molar-refractivity contribution in [1.29, 1.82) is 0 Å². The fourth-order valence-corrected chi connectivity index (χ4v) is 3.96. The van der Waals surface area contributed by atoms with E-state index in [1.54, 1.807) is 21.9 Å². The van der Waals surface area contributed by atoms with E-state index in [1.165, 1.54) is 6.92 Å². The van der Waals surface area contributed by atoms with Crippen LogP contribution in [0.15, 0.2) is 12.1 Å². The van der Waals surface area contributed by atoms with E-state index in [0.717, 1.165) is 5.56 Å². The van der Waals surface area contributed by atoms with Gasteiger partial charge in [-0.1, -0.05) is 13.8 Å². The lowest BCUT2D eigenvalue weighted by Crippen LogP contribution is -2.43. The monoisotopic (exact) mass is 432 g/mol. The van der Waals surface area contributed by atoms with Crippen molar-refractivity contribution >= 4 is 17.8 Å². The van der Waals surface area contributed by atoms with Crippen LogP contribution in [0.1, 0.15) is 108 Å². The first-order chi connectivity index (χ1) is 14.2. The highest BCUT2D eigenvalue weighted by molar-refractivity contribution is 6.05. The Balaban J connectivity index is 3.91. The third-order valence-corrected chi connectivity index (χ3v) is 5.18. The second-order valence-corrected chi connectivity index (χ2v) is 9.49. The predicted molar refractivity (Wildman–Crippen MR) is 125 cm³/mol. The molecule has 0 saturated heterocycles. The second kappa shape index (κ2) is 10.8. The van der Waals surface area contributed by atoms with Crippen LogP contribution in [-0.2, 0) is 4.79 Å². The summed E-state index contributed by atoms with van der Waals surface area (Å²) in [5.41, 5.74) is 1.35. The van der Waals surface area contributed by atoms with E-state index in [9.17, 15) is 14.4 Å². The molecule has 0 saturated carbocycles. The Hall–Kier alpha value is -2.37. The van der Waals surface area contributed by atoms with Gasteiger partial charge in [-0.15, -0.1) is 0 Å². The van der Waals surface area contributed by atoms with E-state index >= 15 is 0 Å². The lowest BCUT2D eigenvalue weighted by molar-refractivity contribution is -0.131. The molecule has 6 nitrogen and oxygen atoms in total. The van der Waals surface area contributed by atoms with Crippen LogP contribution in [0.4, 0.5) is 0 Å². The van der Waals surface area contributed by atoms with Gasteiger partial charge < -0.3 is 14.5 Å². The van der Waals surface area contributed by atoms with Crippen LogP contribution in [0.5, 0.6) is 5.75 Å². The number of esters is 1. The summed E-state index contributed by atoms with van der Waals surface area (Å²) in [5, 5.41) is 0. The summed E-state index contributed by atoms with van der Waals surface area (Å²) >= 11 is 0.